The first-order valence-corrected chi connectivity index (χ1v) is 5.17. The number of alkyl halides is 3. The summed E-state index contributed by atoms with van der Waals surface area (Å²) in [6.07, 6.45) is 0. The summed E-state index contributed by atoms with van der Waals surface area (Å²) < 4.78 is 0.327. The van der Waals surface area contributed by atoms with Gasteiger partial charge in [-0.2, -0.15) is 0 Å². The van der Waals surface area contributed by atoms with Gasteiger partial charge in [-0.1, -0.05) is 84.4 Å². The SMILES string of the molecule is C.C=C.PC(I)(I)I. The topological polar surface area (TPSA) is 0 Å². The lowest BCUT2D eigenvalue weighted by molar-refractivity contribution is 2.26. The number of hydrogen-bond donors (Lipinski definition) is 0. The van der Waals surface area contributed by atoms with Crippen LogP contribution < -0.4 is 0 Å². The Hall–Kier alpha value is 2.36. The van der Waals surface area contributed by atoms with Crippen LogP contribution in [0.2, 0.25) is 0 Å². The van der Waals surface area contributed by atoms with Crippen molar-refractivity contribution in [3.05, 3.63) is 13.2 Å². The van der Waals surface area contributed by atoms with Crippen LogP contribution in [-0.4, -0.2) is -0.824 Å². The lowest BCUT2D eigenvalue weighted by Gasteiger charge is -1.96. The molecule has 0 aliphatic heterocycles. The molecule has 0 aromatic heterocycles. The van der Waals surface area contributed by atoms with Crippen molar-refractivity contribution in [3.8, 4) is 0 Å². The van der Waals surface area contributed by atoms with Crippen molar-refractivity contribution < 1.29 is 0 Å². The smallest absolute Gasteiger partial charge is 0.106 e. The van der Waals surface area contributed by atoms with Gasteiger partial charge in [0.25, 0.3) is 0 Å². The second kappa shape index (κ2) is 9.36. The minimum atomic E-state index is 0. The minimum Gasteiger partial charge on any atom is -0.106 e. The summed E-state index contributed by atoms with van der Waals surface area (Å²) in [6, 6.07) is 0. The summed E-state index contributed by atoms with van der Waals surface area (Å²) >= 11 is 6.94. The highest BCUT2D eigenvalue weighted by Crippen LogP contribution is 2.41. The maximum absolute atomic E-state index is 3.00. The molecule has 1 unspecified atom stereocenters. The molecular formula is C4H10I3P. The fraction of sp³-hybridized carbons (Fsp3) is 0.500. The number of hydrogen-bond acceptors (Lipinski definition) is 0. The van der Waals surface area contributed by atoms with Crippen LogP contribution in [0.1, 0.15) is 7.43 Å². The molecule has 8 heavy (non-hydrogen) atoms. The molecule has 0 aromatic rings. The maximum Gasteiger partial charge on any atom is 0.137 e. The molecule has 52 valence electrons. The normalized spacial score (nSPS) is 8.00. The second-order valence-electron chi connectivity index (χ2n) is 0.542. The van der Waals surface area contributed by atoms with E-state index in [4.69, 9.17) is 0 Å². The molecule has 1 atom stereocenters. The number of halogens is 3. The zero-order chi connectivity index (χ0) is 6.50. The van der Waals surface area contributed by atoms with E-state index in [-0.39, 0.29) is 7.43 Å². The van der Waals surface area contributed by atoms with E-state index in [1.165, 1.54) is 0 Å². The number of rotatable bonds is 0. The molecule has 0 aromatic carbocycles. The molecule has 0 saturated heterocycles. The molecule has 0 aliphatic rings. The molecule has 0 spiro atoms. The van der Waals surface area contributed by atoms with Crippen molar-refractivity contribution in [1.82, 2.24) is 0 Å². The van der Waals surface area contributed by atoms with E-state index in [9.17, 15) is 0 Å². The zero-order valence-electron chi connectivity index (χ0n) is 3.63. The Balaban J connectivity index is -0.0000000750. The fourth-order valence-corrected chi connectivity index (χ4v) is 0. The highest BCUT2D eigenvalue weighted by molar-refractivity contribution is 14.3. The van der Waals surface area contributed by atoms with Gasteiger partial charge in [0.1, 0.15) is -0.824 Å². The second-order valence-corrected chi connectivity index (χ2v) is 16.2. The molecule has 0 aliphatic carbocycles. The largest absolute Gasteiger partial charge is 0.137 e. The van der Waals surface area contributed by atoms with Gasteiger partial charge in [0.15, 0.2) is 0 Å². The van der Waals surface area contributed by atoms with Gasteiger partial charge in [0.05, 0.1) is 0 Å². The standard InChI is InChI=1S/C2H4.CH2I3P.CH4/c1-2;2-1(3,4)5;/h1-2H2;5H2;1H4. The van der Waals surface area contributed by atoms with Gasteiger partial charge in [0, 0.05) is 0 Å². The predicted octanol–water partition coefficient (Wildman–Crippen LogP) is 4.22. The first-order chi connectivity index (χ1) is 3.00. The van der Waals surface area contributed by atoms with E-state index < -0.39 is 0 Å². The van der Waals surface area contributed by atoms with E-state index in [1.807, 2.05) is 0 Å². The van der Waals surface area contributed by atoms with Gasteiger partial charge in [0.2, 0.25) is 0 Å². The molecule has 4 heteroatoms. The Kier molecular flexibility index (Phi) is 19.6. The molecule has 0 nitrogen and oxygen atoms in total. The molecule has 0 saturated carbocycles. The predicted molar refractivity (Wildman–Crippen MR) is 72.5 cm³/mol. The van der Waals surface area contributed by atoms with Gasteiger partial charge in [-0.25, -0.2) is 0 Å². The highest BCUT2D eigenvalue weighted by Gasteiger charge is 2.04. The van der Waals surface area contributed by atoms with Crippen LogP contribution in [0.4, 0.5) is 0 Å². The first-order valence-electron chi connectivity index (χ1n) is 1.36. The van der Waals surface area contributed by atoms with Crippen LogP contribution in [0.3, 0.4) is 0 Å². The van der Waals surface area contributed by atoms with Crippen LogP contribution in [-0.2, 0) is 0 Å². The third kappa shape index (κ3) is 81.3. The Morgan fingerprint density at radius 1 is 1.12 bits per heavy atom. The molecule has 0 rings (SSSR count). The van der Waals surface area contributed by atoms with Crippen molar-refractivity contribution in [1.29, 1.82) is 0 Å². The molecule has 0 radical (unpaired) electrons. The van der Waals surface area contributed by atoms with Crippen LogP contribution >= 0.6 is 77.0 Å². The summed E-state index contributed by atoms with van der Waals surface area (Å²) in [6.45, 7) is 6.00. The van der Waals surface area contributed by atoms with Gasteiger partial charge in [-0.05, 0) is 0 Å². The van der Waals surface area contributed by atoms with Gasteiger partial charge < -0.3 is 0 Å². The minimum absolute atomic E-state index is 0. The maximum atomic E-state index is 3.00. The van der Waals surface area contributed by atoms with E-state index >= 15 is 0 Å². The van der Waals surface area contributed by atoms with Gasteiger partial charge >= 0.3 is 0 Å². The Bertz CT molecular complexity index is 35.0. The van der Waals surface area contributed by atoms with Crippen LogP contribution in [0.5, 0.6) is 0 Å². The van der Waals surface area contributed by atoms with Crippen molar-refractivity contribution in [3.63, 3.8) is 0 Å². The van der Waals surface area contributed by atoms with Crippen molar-refractivity contribution in [2.75, 3.05) is 0 Å². The monoisotopic (exact) mass is 470 g/mol. The summed E-state index contributed by atoms with van der Waals surface area (Å²) in [5.41, 5.74) is 0. The summed E-state index contributed by atoms with van der Waals surface area (Å²) in [5, 5.41) is 0. The third-order valence-corrected chi connectivity index (χ3v) is 0. The third-order valence-electron chi connectivity index (χ3n) is 0. The van der Waals surface area contributed by atoms with Gasteiger partial charge in [-0.3, -0.25) is 0 Å². The molecule has 0 amide bonds. The summed E-state index contributed by atoms with van der Waals surface area (Å²) in [7, 11) is 2.68. The van der Waals surface area contributed by atoms with E-state index in [2.05, 4.69) is 90.2 Å². The molecule has 0 fully saturated rings. The fourth-order valence-electron chi connectivity index (χ4n) is 0. The average molecular weight is 470 g/mol. The highest BCUT2D eigenvalue weighted by atomic mass is 127. The van der Waals surface area contributed by atoms with Crippen LogP contribution in [0.25, 0.3) is 0 Å². The Morgan fingerprint density at radius 3 is 1.12 bits per heavy atom. The lowest BCUT2D eigenvalue weighted by atomic mass is 11.3. The van der Waals surface area contributed by atoms with Crippen molar-refractivity contribution >= 4 is 77.0 Å². The van der Waals surface area contributed by atoms with Crippen LogP contribution in [0.15, 0.2) is 13.2 Å². The summed E-state index contributed by atoms with van der Waals surface area (Å²) in [4.78, 5) is 0. The molecule has 0 bridgehead atoms. The van der Waals surface area contributed by atoms with Crippen molar-refractivity contribution in [2.24, 2.45) is 0 Å². The quantitative estimate of drug-likeness (QED) is 0.216. The van der Waals surface area contributed by atoms with Crippen LogP contribution in [0, 0.1) is 0 Å². The molecule has 0 N–H and O–H groups in total. The molecular weight excluding hydrogens is 460 g/mol. The van der Waals surface area contributed by atoms with Gasteiger partial charge in [-0.15, -0.1) is 13.2 Å². The Morgan fingerprint density at radius 2 is 1.12 bits per heavy atom. The van der Waals surface area contributed by atoms with E-state index in [0.29, 0.717) is -0.824 Å². The zero-order valence-corrected chi connectivity index (χ0v) is 11.3. The Labute approximate surface area is 95.3 Å². The first kappa shape index (κ1) is 16.8. The molecule has 0 heterocycles. The lowest BCUT2D eigenvalue weighted by Crippen LogP contribution is -1.73. The summed E-state index contributed by atoms with van der Waals surface area (Å²) in [5.74, 6) is 0. The van der Waals surface area contributed by atoms with E-state index in [1.54, 1.807) is 0 Å². The van der Waals surface area contributed by atoms with Crippen molar-refractivity contribution in [2.45, 2.75) is 6.60 Å². The average Bonchev–Trinajstić information content (AvgIpc) is 1.36. The van der Waals surface area contributed by atoms with E-state index in [0.717, 1.165) is 0 Å².